The number of carboxylic acid groups (broad SMARTS) is 1. The summed E-state index contributed by atoms with van der Waals surface area (Å²) in [4.78, 5) is 18.2. The van der Waals surface area contributed by atoms with Crippen LogP contribution in [0.5, 0.6) is 5.75 Å². The van der Waals surface area contributed by atoms with Crippen LogP contribution in [0.2, 0.25) is 0 Å². The van der Waals surface area contributed by atoms with Crippen LogP contribution in [0, 0.1) is 17.8 Å². The first kappa shape index (κ1) is 24.9. The van der Waals surface area contributed by atoms with Crippen LogP contribution in [0.3, 0.4) is 0 Å². The minimum absolute atomic E-state index is 0.200. The first-order valence-corrected chi connectivity index (χ1v) is 13.0. The molecule has 1 saturated carbocycles. The largest absolute Gasteiger partial charge is 0.497 e. The second-order valence-corrected chi connectivity index (χ2v) is 10.3. The number of methoxy groups -OCH3 is 1. The molecular formula is C28H39FN2O3. The summed E-state index contributed by atoms with van der Waals surface area (Å²) in [5.74, 6) is 1.55. The minimum Gasteiger partial charge on any atom is -0.497 e. The van der Waals surface area contributed by atoms with Gasteiger partial charge in [-0.25, -0.2) is 4.39 Å². The number of hydrogen-bond acceptors (Lipinski definition) is 4. The van der Waals surface area contributed by atoms with Crippen LogP contribution in [0.1, 0.15) is 75.9 Å². The molecule has 2 aliphatic rings. The number of pyridine rings is 1. The van der Waals surface area contributed by atoms with Crippen molar-refractivity contribution in [1.82, 2.24) is 9.88 Å². The van der Waals surface area contributed by atoms with Crippen LogP contribution < -0.4 is 4.74 Å². The number of aliphatic carboxylic acids is 1. The zero-order valence-corrected chi connectivity index (χ0v) is 20.4. The summed E-state index contributed by atoms with van der Waals surface area (Å²) < 4.78 is 20.8. The number of alkyl halides is 1. The van der Waals surface area contributed by atoms with Gasteiger partial charge in [-0.05, 0) is 92.8 Å². The van der Waals surface area contributed by atoms with Gasteiger partial charge in [0.15, 0.2) is 0 Å². The Labute approximate surface area is 202 Å². The molecule has 1 aromatic carbocycles. The van der Waals surface area contributed by atoms with E-state index in [4.69, 9.17) is 4.74 Å². The molecule has 4 rings (SSSR count). The van der Waals surface area contributed by atoms with Crippen molar-refractivity contribution < 1.29 is 19.0 Å². The number of carboxylic acids is 1. The molecule has 1 N–H and O–H groups in total. The first-order chi connectivity index (χ1) is 16.5. The lowest BCUT2D eigenvalue weighted by Gasteiger charge is -2.39. The number of ether oxygens (including phenoxy) is 1. The molecule has 0 unspecified atom stereocenters. The molecule has 0 spiro atoms. The number of hydrogen-bond donors (Lipinski definition) is 1. The number of nitrogens with zero attached hydrogens (tertiary/aromatic N) is 2. The normalized spacial score (nSPS) is 22.8. The number of halogens is 1. The zero-order valence-electron chi connectivity index (χ0n) is 20.4. The lowest BCUT2D eigenvalue weighted by molar-refractivity contribution is -0.137. The summed E-state index contributed by atoms with van der Waals surface area (Å²) in [6.45, 7) is 3.13. The van der Waals surface area contributed by atoms with Crippen molar-refractivity contribution in [3.8, 4) is 5.75 Å². The highest BCUT2D eigenvalue weighted by atomic mass is 19.1. The molecule has 1 saturated heterocycles. The summed E-state index contributed by atoms with van der Waals surface area (Å²) in [7, 11) is 1.61. The average Bonchev–Trinajstić information content (AvgIpc) is 3.38. The van der Waals surface area contributed by atoms with Crippen molar-refractivity contribution in [2.24, 2.45) is 17.8 Å². The molecule has 1 aromatic heterocycles. The van der Waals surface area contributed by atoms with E-state index in [9.17, 15) is 9.90 Å². The van der Waals surface area contributed by atoms with Gasteiger partial charge in [-0.15, -0.1) is 0 Å². The number of carbonyl (C=O) groups is 1. The quantitative estimate of drug-likeness (QED) is 0.411. The van der Waals surface area contributed by atoms with Crippen LogP contribution >= 0.6 is 0 Å². The van der Waals surface area contributed by atoms with E-state index in [0.717, 1.165) is 49.3 Å². The minimum atomic E-state index is -1.07. The topological polar surface area (TPSA) is 62.7 Å². The third-order valence-corrected chi connectivity index (χ3v) is 8.14. The molecule has 34 heavy (non-hydrogen) atoms. The smallest absolute Gasteiger partial charge is 0.303 e. The van der Waals surface area contributed by atoms with E-state index in [-0.39, 0.29) is 6.42 Å². The van der Waals surface area contributed by atoms with Crippen molar-refractivity contribution >= 4 is 16.9 Å². The second-order valence-electron chi connectivity index (χ2n) is 10.3. The maximum atomic E-state index is 15.5. The van der Waals surface area contributed by atoms with Crippen molar-refractivity contribution in [3.63, 3.8) is 0 Å². The molecule has 2 heterocycles. The Bertz CT molecular complexity index is 946. The molecule has 0 amide bonds. The monoisotopic (exact) mass is 470 g/mol. The summed E-state index contributed by atoms with van der Waals surface area (Å²) in [6.07, 6.45) is 10.5. The number of likely N-dealkylation sites (tertiary alicyclic amines) is 1. The van der Waals surface area contributed by atoms with E-state index in [1.807, 2.05) is 18.2 Å². The van der Waals surface area contributed by atoms with Crippen molar-refractivity contribution in [2.75, 3.05) is 26.7 Å². The van der Waals surface area contributed by atoms with Crippen molar-refractivity contribution in [1.29, 1.82) is 0 Å². The van der Waals surface area contributed by atoms with Crippen LogP contribution in [-0.4, -0.2) is 47.7 Å². The Balaban J connectivity index is 1.37. The van der Waals surface area contributed by atoms with E-state index in [2.05, 4.69) is 9.88 Å². The van der Waals surface area contributed by atoms with Crippen LogP contribution in [0.4, 0.5) is 4.39 Å². The number of piperidine rings is 1. The zero-order chi connectivity index (χ0) is 23.9. The SMILES string of the molecule is COc1ccc2nccc([C@H](F)CC[C@@H]3CCN(CCC4CCCC4)C[C@H]3CCC(=O)O)c2c1. The van der Waals surface area contributed by atoms with Gasteiger partial charge in [0.25, 0.3) is 0 Å². The lowest BCUT2D eigenvalue weighted by Crippen LogP contribution is -2.41. The highest BCUT2D eigenvalue weighted by Gasteiger charge is 2.30. The van der Waals surface area contributed by atoms with Crippen LogP contribution in [0.15, 0.2) is 30.5 Å². The fraction of sp³-hybridized carbons (Fsp3) is 0.643. The van der Waals surface area contributed by atoms with Gasteiger partial charge >= 0.3 is 5.97 Å². The third kappa shape index (κ3) is 6.47. The molecule has 0 bridgehead atoms. The standard InChI is InChI=1S/C28H39FN2O3/c1-34-23-8-10-27-25(18-23)24(12-15-30-27)26(29)9-6-21-14-17-31(16-13-20-4-2-3-5-20)19-22(21)7-11-28(32)33/h8,10,12,15,18,20-22,26H,2-7,9,11,13-14,16-17,19H2,1H3,(H,32,33)/t21-,22-,26-/m1/s1. The predicted octanol–water partition coefficient (Wildman–Crippen LogP) is 6.42. The highest BCUT2D eigenvalue weighted by Crippen LogP contribution is 2.37. The van der Waals surface area contributed by atoms with Crippen LogP contribution in [0.25, 0.3) is 10.9 Å². The maximum absolute atomic E-state index is 15.5. The molecule has 2 aromatic rings. The second kappa shape index (κ2) is 12.0. The van der Waals surface area contributed by atoms with Gasteiger partial charge in [-0.1, -0.05) is 25.7 Å². The van der Waals surface area contributed by atoms with Gasteiger partial charge in [0, 0.05) is 24.5 Å². The molecule has 6 heteroatoms. The van der Waals surface area contributed by atoms with Crippen LogP contribution in [-0.2, 0) is 4.79 Å². The molecule has 2 fully saturated rings. The molecule has 186 valence electrons. The third-order valence-electron chi connectivity index (χ3n) is 8.14. The Morgan fingerprint density at radius 1 is 1.18 bits per heavy atom. The van der Waals surface area contributed by atoms with Gasteiger partial charge in [0.1, 0.15) is 11.9 Å². The van der Waals surface area contributed by atoms with Gasteiger partial charge in [0.2, 0.25) is 0 Å². The molecule has 3 atom stereocenters. The van der Waals surface area contributed by atoms with E-state index < -0.39 is 12.1 Å². The molecule has 0 radical (unpaired) electrons. The summed E-state index contributed by atoms with van der Waals surface area (Å²) in [5.41, 5.74) is 1.44. The first-order valence-electron chi connectivity index (χ1n) is 13.0. The van der Waals surface area contributed by atoms with Crippen molar-refractivity contribution in [3.05, 3.63) is 36.0 Å². The Hall–Kier alpha value is -2.21. The predicted molar refractivity (Wildman–Crippen MR) is 133 cm³/mol. The summed E-state index contributed by atoms with van der Waals surface area (Å²) >= 11 is 0. The van der Waals surface area contributed by atoms with Gasteiger partial charge in [-0.2, -0.15) is 0 Å². The number of benzene rings is 1. The van der Waals surface area contributed by atoms with Crippen molar-refractivity contribution in [2.45, 2.75) is 70.4 Å². The van der Waals surface area contributed by atoms with Gasteiger partial charge in [-0.3, -0.25) is 9.78 Å². The van der Waals surface area contributed by atoms with E-state index >= 15 is 4.39 Å². The maximum Gasteiger partial charge on any atom is 0.303 e. The Morgan fingerprint density at radius 2 is 2.00 bits per heavy atom. The van der Waals surface area contributed by atoms with Gasteiger partial charge in [0.05, 0.1) is 12.6 Å². The van der Waals surface area contributed by atoms with E-state index in [0.29, 0.717) is 36.0 Å². The number of rotatable bonds is 11. The van der Waals surface area contributed by atoms with E-state index in [1.54, 1.807) is 19.4 Å². The average molecular weight is 471 g/mol. The van der Waals surface area contributed by atoms with E-state index in [1.165, 1.54) is 32.1 Å². The Morgan fingerprint density at radius 3 is 2.76 bits per heavy atom. The fourth-order valence-corrected chi connectivity index (χ4v) is 6.10. The Kier molecular flexibility index (Phi) is 8.76. The highest BCUT2D eigenvalue weighted by molar-refractivity contribution is 5.83. The number of aromatic nitrogens is 1. The summed E-state index contributed by atoms with van der Waals surface area (Å²) in [6, 6.07) is 7.36. The molecule has 5 nitrogen and oxygen atoms in total. The number of fused-ring (bicyclic) bond motifs is 1. The molecule has 1 aliphatic carbocycles. The molecular weight excluding hydrogens is 431 g/mol. The summed E-state index contributed by atoms with van der Waals surface area (Å²) in [5, 5.41) is 10.1. The lowest BCUT2D eigenvalue weighted by atomic mass is 9.79. The molecule has 1 aliphatic heterocycles. The van der Waals surface area contributed by atoms with Gasteiger partial charge < -0.3 is 14.7 Å². The fourth-order valence-electron chi connectivity index (χ4n) is 6.10.